The first-order valence-electron chi connectivity index (χ1n) is 4.09. The number of terminal acetylenes is 1. The summed E-state index contributed by atoms with van der Waals surface area (Å²) in [6, 6.07) is -0.0417. The summed E-state index contributed by atoms with van der Waals surface area (Å²) in [6.45, 7) is 1.85. The van der Waals surface area contributed by atoms with Crippen molar-refractivity contribution < 1.29 is 9.90 Å². The van der Waals surface area contributed by atoms with Crippen molar-refractivity contribution in [1.29, 1.82) is 0 Å². The molecule has 1 N–H and O–H groups in total. The third-order valence-electron chi connectivity index (χ3n) is 2.11. The molecule has 1 fully saturated rings. The summed E-state index contributed by atoms with van der Waals surface area (Å²) < 4.78 is 0. The number of likely N-dealkylation sites (tertiary alicyclic amines) is 1. The standard InChI is InChI=1S/C9H13NO2/c1-3-4-7(2)10-8(11)5-6-9(10)12/h1,7-8,11H,4-6H2,2H3. The number of nitrogens with zero attached hydrogens (tertiary/aromatic N) is 1. The number of hydrogen-bond acceptors (Lipinski definition) is 2. The number of amides is 1. The highest BCUT2D eigenvalue weighted by molar-refractivity contribution is 5.78. The number of carbonyl (C=O) groups excluding carboxylic acids is 1. The Kier molecular flexibility index (Phi) is 2.72. The number of aliphatic hydroxyl groups is 1. The highest BCUT2D eigenvalue weighted by Gasteiger charge is 2.32. The molecule has 1 saturated heterocycles. The molecule has 2 atom stereocenters. The van der Waals surface area contributed by atoms with Gasteiger partial charge in [-0.1, -0.05) is 0 Å². The van der Waals surface area contributed by atoms with E-state index in [4.69, 9.17) is 6.42 Å². The van der Waals surface area contributed by atoms with Crippen molar-refractivity contribution in [3.63, 3.8) is 0 Å². The van der Waals surface area contributed by atoms with Gasteiger partial charge in [-0.15, -0.1) is 12.3 Å². The maximum Gasteiger partial charge on any atom is 0.225 e. The minimum atomic E-state index is -0.624. The first kappa shape index (κ1) is 9.08. The van der Waals surface area contributed by atoms with Crippen molar-refractivity contribution in [2.24, 2.45) is 0 Å². The second kappa shape index (κ2) is 3.59. The van der Waals surface area contributed by atoms with Crippen LogP contribution in [0.15, 0.2) is 0 Å². The van der Waals surface area contributed by atoms with Crippen molar-refractivity contribution in [1.82, 2.24) is 4.90 Å². The molecule has 0 saturated carbocycles. The monoisotopic (exact) mass is 167 g/mol. The molecule has 0 spiro atoms. The Bertz CT molecular complexity index is 219. The summed E-state index contributed by atoms with van der Waals surface area (Å²) in [7, 11) is 0. The van der Waals surface area contributed by atoms with E-state index in [0.717, 1.165) is 0 Å². The normalized spacial score (nSPS) is 25.6. The fourth-order valence-corrected chi connectivity index (χ4v) is 1.50. The Morgan fingerprint density at radius 3 is 3.00 bits per heavy atom. The highest BCUT2D eigenvalue weighted by Crippen LogP contribution is 2.20. The third kappa shape index (κ3) is 1.59. The van der Waals surface area contributed by atoms with Gasteiger partial charge in [0.15, 0.2) is 0 Å². The van der Waals surface area contributed by atoms with Gasteiger partial charge in [-0.25, -0.2) is 0 Å². The zero-order chi connectivity index (χ0) is 9.14. The first-order chi connectivity index (χ1) is 5.66. The molecule has 1 rings (SSSR count). The average Bonchev–Trinajstić information content (AvgIpc) is 2.32. The van der Waals surface area contributed by atoms with Gasteiger partial charge < -0.3 is 10.0 Å². The van der Waals surface area contributed by atoms with E-state index in [0.29, 0.717) is 19.3 Å². The lowest BCUT2D eigenvalue weighted by molar-refractivity contribution is -0.135. The van der Waals surface area contributed by atoms with E-state index in [-0.39, 0.29) is 11.9 Å². The van der Waals surface area contributed by atoms with Crippen molar-refractivity contribution >= 4 is 5.91 Å². The van der Waals surface area contributed by atoms with E-state index in [1.807, 2.05) is 6.92 Å². The van der Waals surface area contributed by atoms with Crippen LogP contribution in [0.1, 0.15) is 26.2 Å². The topological polar surface area (TPSA) is 40.5 Å². The average molecular weight is 167 g/mol. The van der Waals surface area contributed by atoms with E-state index in [9.17, 15) is 9.90 Å². The van der Waals surface area contributed by atoms with Gasteiger partial charge in [-0.2, -0.15) is 0 Å². The lowest BCUT2D eigenvalue weighted by Gasteiger charge is -2.26. The minimum Gasteiger partial charge on any atom is -0.373 e. The summed E-state index contributed by atoms with van der Waals surface area (Å²) in [5, 5.41) is 9.39. The lowest BCUT2D eigenvalue weighted by atomic mass is 10.2. The van der Waals surface area contributed by atoms with Crippen LogP contribution in [0.25, 0.3) is 0 Å². The van der Waals surface area contributed by atoms with E-state index in [2.05, 4.69) is 5.92 Å². The number of hydrogen-bond donors (Lipinski definition) is 1. The SMILES string of the molecule is C#CCC(C)N1C(=O)CCC1O. The molecule has 0 aromatic heterocycles. The molecule has 1 aliphatic rings. The Morgan fingerprint density at radius 1 is 1.92 bits per heavy atom. The van der Waals surface area contributed by atoms with Crippen molar-refractivity contribution in [3.05, 3.63) is 0 Å². The molecule has 2 unspecified atom stereocenters. The summed E-state index contributed by atoms with van der Waals surface area (Å²) in [4.78, 5) is 12.7. The van der Waals surface area contributed by atoms with Crippen LogP contribution >= 0.6 is 0 Å². The van der Waals surface area contributed by atoms with E-state index in [1.54, 1.807) is 0 Å². The molecule has 3 nitrogen and oxygen atoms in total. The Balaban J connectivity index is 2.60. The van der Waals surface area contributed by atoms with Gasteiger partial charge in [-0.05, 0) is 6.92 Å². The Morgan fingerprint density at radius 2 is 2.58 bits per heavy atom. The number of rotatable bonds is 2. The second-order valence-corrected chi connectivity index (χ2v) is 3.08. The van der Waals surface area contributed by atoms with Crippen LogP contribution in [0.5, 0.6) is 0 Å². The maximum atomic E-state index is 11.2. The predicted octanol–water partition coefficient (Wildman–Crippen LogP) is 0.339. The second-order valence-electron chi connectivity index (χ2n) is 3.08. The van der Waals surface area contributed by atoms with Gasteiger partial charge in [0.2, 0.25) is 5.91 Å². The first-order valence-corrected chi connectivity index (χ1v) is 4.09. The van der Waals surface area contributed by atoms with Gasteiger partial charge >= 0.3 is 0 Å². The smallest absolute Gasteiger partial charge is 0.225 e. The summed E-state index contributed by atoms with van der Waals surface area (Å²) in [5.74, 6) is 2.49. The van der Waals surface area contributed by atoms with Gasteiger partial charge in [0.1, 0.15) is 6.23 Å². The Hall–Kier alpha value is -1.01. The maximum absolute atomic E-state index is 11.2. The summed E-state index contributed by atoms with van der Waals surface area (Å²) >= 11 is 0. The van der Waals surface area contributed by atoms with Crippen LogP contribution in [-0.4, -0.2) is 28.2 Å². The predicted molar refractivity (Wildman–Crippen MR) is 45.0 cm³/mol. The van der Waals surface area contributed by atoms with Crippen LogP contribution in [0.2, 0.25) is 0 Å². The highest BCUT2D eigenvalue weighted by atomic mass is 16.3. The molecular formula is C9H13NO2. The summed E-state index contributed by atoms with van der Waals surface area (Å²) in [6.07, 6.45) is 5.97. The lowest BCUT2D eigenvalue weighted by Crippen LogP contribution is -2.39. The van der Waals surface area contributed by atoms with Crippen LogP contribution in [0.4, 0.5) is 0 Å². The van der Waals surface area contributed by atoms with Crippen LogP contribution < -0.4 is 0 Å². The molecule has 1 heterocycles. The molecular weight excluding hydrogens is 154 g/mol. The van der Waals surface area contributed by atoms with Crippen molar-refractivity contribution in [2.75, 3.05) is 0 Å². The zero-order valence-corrected chi connectivity index (χ0v) is 7.16. The van der Waals surface area contributed by atoms with Gasteiger partial charge in [0.05, 0.1) is 0 Å². The van der Waals surface area contributed by atoms with Crippen LogP contribution in [-0.2, 0) is 4.79 Å². The number of aliphatic hydroxyl groups excluding tert-OH is 1. The summed E-state index contributed by atoms with van der Waals surface area (Å²) in [5.41, 5.74) is 0. The molecule has 12 heavy (non-hydrogen) atoms. The molecule has 0 bridgehead atoms. The van der Waals surface area contributed by atoms with Crippen LogP contribution in [0.3, 0.4) is 0 Å². The molecule has 1 aliphatic heterocycles. The van der Waals surface area contributed by atoms with Gasteiger partial charge in [0, 0.05) is 25.3 Å². The largest absolute Gasteiger partial charge is 0.373 e. The van der Waals surface area contributed by atoms with E-state index < -0.39 is 6.23 Å². The molecule has 0 radical (unpaired) electrons. The number of carbonyl (C=O) groups is 1. The third-order valence-corrected chi connectivity index (χ3v) is 2.11. The zero-order valence-electron chi connectivity index (χ0n) is 7.16. The fraction of sp³-hybridized carbons (Fsp3) is 0.667. The van der Waals surface area contributed by atoms with Crippen molar-refractivity contribution in [3.8, 4) is 12.3 Å². The minimum absolute atomic E-state index is 0.00486. The van der Waals surface area contributed by atoms with E-state index >= 15 is 0 Å². The van der Waals surface area contributed by atoms with E-state index in [1.165, 1.54) is 4.90 Å². The Labute approximate surface area is 72.4 Å². The molecule has 66 valence electrons. The van der Waals surface area contributed by atoms with Crippen molar-refractivity contribution in [2.45, 2.75) is 38.5 Å². The molecule has 3 heteroatoms. The molecule has 0 aromatic carbocycles. The quantitative estimate of drug-likeness (QED) is 0.602. The molecule has 0 aliphatic carbocycles. The van der Waals surface area contributed by atoms with Crippen LogP contribution in [0, 0.1) is 12.3 Å². The van der Waals surface area contributed by atoms with Gasteiger partial charge in [0.25, 0.3) is 0 Å². The molecule has 0 aromatic rings. The van der Waals surface area contributed by atoms with Gasteiger partial charge in [-0.3, -0.25) is 4.79 Å². The fourth-order valence-electron chi connectivity index (χ4n) is 1.50. The molecule has 1 amide bonds.